The maximum Gasteiger partial charge on any atom is 0.338 e. The van der Waals surface area contributed by atoms with Crippen molar-refractivity contribution in [2.45, 2.75) is 58.3 Å². The number of rotatable bonds is 7. The number of carbonyl (C=O) groups is 1. The highest BCUT2D eigenvalue weighted by Gasteiger charge is 2.37. The van der Waals surface area contributed by atoms with Crippen LogP contribution >= 0.6 is 0 Å². The number of esters is 1. The van der Waals surface area contributed by atoms with Crippen LogP contribution in [0.3, 0.4) is 0 Å². The molecule has 0 unspecified atom stereocenters. The van der Waals surface area contributed by atoms with Gasteiger partial charge in [-0.1, -0.05) is 64.1 Å². The van der Waals surface area contributed by atoms with Gasteiger partial charge in [0, 0.05) is 12.7 Å². The highest BCUT2D eigenvalue weighted by Crippen LogP contribution is 2.47. The van der Waals surface area contributed by atoms with Crippen molar-refractivity contribution < 1.29 is 19.0 Å². The van der Waals surface area contributed by atoms with Gasteiger partial charge in [-0.15, -0.1) is 0 Å². The Bertz CT molecular complexity index is 1210. The Morgan fingerprint density at radius 3 is 2.06 bits per heavy atom. The predicted molar refractivity (Wildman–Crippen MR) is 141 cm³/mol. The summed E-state index contributed by atoms with van der Waals surface area (Å²) >= 11 is 0. The molecule has 0 heterocycles. The van der Waals surface area contributed by atoms with Crippen molar-refractivity contribution in [3.05, 3.63) is 77.4 Å². The first kappa shape index (κ1) is 25.0. The molecule has 0 amide bonds. The van der Waals surface area contributed by atoms with Crippen molar-refractivity contribution in [1.29, 1.82) is 0 Å². The Morgan fingerprint density at radius 2 is 1.40 bits per heavy atom. The van der Waals surface area contributed by atoms with Gasteiger partial charge in [0.25, 0.3) is 0 Å². The molecule has 0 aromatic heterocycles. The summed E-state index contributed by atoms with van der Waals surface area (Å²) in [5, 5.41) is 0. The third kappa shape index (κ3) is 5.13. The zero-order valence-electron chi connectivity index (χ0n) is 21.7. The Hall–Kier alpha value is -3.11. The molecule has 4 rings (SSSR count). The van der Waals surface area contributed by atoms with Crippen LogP contribution in [0.25, 0.3) is 22.3 Å². The first-order chi connectivity index (χ1) is 16.7. The summed E-state index contributed by atoms with van der Waals surface area (Å²) in [5.41, 5.74) is 7.99. The van der Waals surface area contributed by atoms with Crippen LogP contribution in [0.4, 0.5) is 0 Å². The third-order valence-corrected chi connectivity index (χ3v) is 7.21. The zero-order valence-corrected chi connectivity index (χ0v) is 21.7. The van der Waals surface area contributed by atoms with E-state index in [1.54, 1.807) is 26.2 Å². The Labute approximate surface area is 209 Å². The molecule has 4 heteroatoms. The van der Waals surface area contributed by atoms with Crippen LogP contribution in [0, 0.1) is 0 Å². The van der Waals surface area contributed by atoms with E-state index >= 15 is 0 Å². The topological polar surface area (TPSA) is 44.8 Å². The number of hydrogen-bond donors (Lipinski definition) is 0. The molecule has 0 saturated heterocycles. The molecule has 0 saturated carbocycles. The predicted octanol–water partition coefficient (Wildman–Crippen LogP) is 7.53. The Kier molecular flexibility index (Phi) is 7.05. The number of methoxy groups -OCH3 is 1. The van der Waals surface area contributed by atoms with Crippen LogP contribution < -0.4 is 4.74 Å². The van der Waals surface area contributed by atoms with E-state index in [-0.39, 0.29) is 23.6 Å². The van der Waals surface area contributed by atoms with Crippen molar-refractivity contribution in [3.8, 4) is 28.0 Å². The maximum atomic E-state index is 12.1. The number of fused-ring (bicyclic) bond motifs is 1. The van der Waals surface area contributed by atoms with Gasteiger partial charge in [-0.05, 0) is 82.7 Å². The second-order valence-electron chi connectivity index (χ2n) is 10.6. The molecule has 35 heavy (non-hydrogen) atoms. The van der Waals surface area contributed by atoms with E-state index in [4.69, 9.17) is 14.2 Å². The lowest BCUT2D eigenvalue weighted by atomic mass is 9.63. The summed E-state index contributed by atoms with van der Waals surface area (Å²) in [4.78, 5) is 12.1. The molecule has 4 nitrogen and oxygen atoms in total. The largest absolute Gasteiger partial charge is 0.467 e. The van der Waals surface area contributed by atoms with Crippen molar-refractivity contribution in [2.75, 3.05) is 20.5 Å². The van der Waals surface area contributed by atoms with E-state index < -0.39 is 0 Å². The molecule has 0 atom stereocenters. The van der Waals surface area contributed by atoms with E-state index in [0.29, 0.717) is 12.2 Å². The minimum Gasteiger partial charge on any atom is -0.467 e. The average molecular weight is 473 g/mol. The van der Waals surface area contributed by atoms with Gasteiger partial charge < -0.3 is 14.2 Å². The third-order valence-electron chi connectivity index (χ3n) is 7.21. The summed E-state index contributed by atoms with van der Waals surface area (Å²) in [6.07, 6.45) is 2.38. The van der Waals surface area contributed by atoms with Crippen molar-refractivity contribution >= 4 is 5.97 Å². The quantitative estimate of drug-likeness (QED) is 0.263. The average Bonchev–Trinajstić information content (AvgIpc) is 2.85. The van der Waals surface area contributed by atoms with E-state index in [9.17, 15) is 4.79 Å². The van der Waals surface area contributed by atoms with Crippen LogP contribution in [0.5, 0.6) is 5.75 Å². The number of ether oxygens (including phenoxy) is 3. The van der Waals surface area contributed by atoms with Gasteiger partial charge in [-0.2, -0.15) is 0 Å². The van der Waals surface area contributed by atoms with Gasteiger partial charge in [0.1, 0.15) is 5.75 Å². The van der Waals surface area contributed by atoms with Gasteiger partial charge >= 0.3 is 5.97 Å². The number of hydrogen-bond acceptors (Lipinski definition) is 4. The smallest absolute Gasteiger partial charge is 0.338 e. The molecule has 0 N–H and O–H groups in total. The minimum atomic E-state index is -0.316. The normalized spacial score (nSPS) is 15.8. The molecule has 3 aromatic rings. The SMILES string of the molecule is CCOC(=O)c1ccc(-c2cc(-c3ccc4c(c3)C(C)(C)CCC4(C)C)ccc2OCOC)cc1. The first-order valence-corrected chi connectivity index (χ1v) is 12.3. The molecular formula is C31H36O4. The highest BCUT2D eigenvalue weighted by molar-refractivity contribution is 5.90. The Morgan fingerprint density at radius 1 is 0.800 bits per heavy atom. The fraction of sp³-hybridized carbons (Fsp3) is 0.387. The first-order valence-electron chi connectivity index (χ1n) is 12.3. The van der Waals surface area contributed by atoms with Crippen LogP contribution in [-0.2, 0) is 20.3 Å². The lowest BCUT2D eigenvalue weighted by Crippen LogP contribution is -2.33. The molecule has 0 spiro atoms. The molecule has 0 aliphatic heterocycles. The summed E-state index contributed by atoms with van der Waals surface area (Å²) in [7, 11) is 1.61. The van der Waals surface area contributed by atoms with Crippen molar-refractivity contribution in [1.82, 2.24) is 0 Å². The highest BCUT2D eigenvalue weighted by atomic mass is 16.7. The molecule has 1 aliphatic rings. The second kappa shape index (κ2) is 9.87. The van der Waals surface area contributed by atoms with Crippen LogP contribution in [0.15, 0.2) is 60.7 Å². The van der Waals surface area contributed by atoms with Crippen LogP contribution in [0.1, 0.15) is 68.9 Å². The van der Waals surface area contributed by atoms with Crippen molar-refractivity contribution in [3.63, 3.8) is 0 Å². The second-order valence-corrected chi connectivity index (χ2v) is 10.6. The fourth-order valence-electron chi connectivity index (χ4n) is 4.95. The maximum absolute atomic E-state index is 12.1. The number of benzene rings is 3. The zero-order chi connectivity index (χ0) is 25.2. The standard InChI is InChI=1S/C31H36O4/c1-7-34-29(32)22-10-8-21(9-11-22)25-18-23(13-15-28(25)35-20-33-6)24-12-14-26-27(19-24)31(4,5)17-16-30(26,2)3/h8-15,18-19H,7,16-17,20H2,1-6H3. The summed E-state index contributed by atoms with van der Waals surface area (Å²) in [6.45, 7) is 11.7. The summed E-state index contributed by atoms with van der Waals surface area (Å²) in [6, 6.07) is 20.6. The molecule has 184 valence electrons. The summed E-state index contributed by atoms with van der Waals surface area (Å²) in [5.74, 6) is 0.419. The van der Waals surface area contributed by atoms with Crippen molar-refractivity contribution in [2.24, 2.45) is 0 Å². The molecule has 3 aromatic carbocycles. The molecule has 0 bridgehead atoms. The van der Waals surface area contributed by atoms with Gasteiger partial charge in [0.05, 0.1) is 12.2 Å². The summed E-state index contributed by atoms with van der Waals surface area (Å²) < 4.78 is 16.2. The van der Waals surface area contributed by atoms with E-state index in [0.717, 1.165) is 22.4 Å². The van der Waals surface area contributed by atoms with Crippen LogP contribution in [-0.4, -0.2) is 26.5 Å². The molecular weight excluding hydrogens is 436 g/mol. The Balaban J connectivity index is 1.77. The van der Waals surface area contributed by atoms with E-state index in [1.807, 2.05) is 18.2 Å². The minimum absolute atomic E-state index is 0.147. The van der Waals surface area contributed by atoms with Gasteiger partial charge in [-0.3, -0.25) is 0 Å². The fourth-order valence-corrected chi connectivity index (χ4v) is 4.95. The van der Waals surface area contributed by atoms with E-state index in [1.165, 1.54) is 29.5 Å². The van der Waals surface area contributed by atoms with Gasteiger partial charge in [0.15, 0.2) is 6.79 Å². The lowest BCUT2D eigenvalue weighted by Gasteiger charge is -2.42. The van der Waals surface area contributed by atoms with E-state index in [2.05, 4.69) is 58.0 Å². The lowest BCUT2D eigenvalue weighted by molar-refractivity contribution is 0.0514. The van der Waals surface area contributed by atoms with Gasteiger partial charge in [-0.25, -0.2) is 4.79 Å². The monoisotopic (exact) mass is 472 g/mol. The number of carbonyl (C=O) groups excluding carboxylic acids is 1. The van der Waals surface area contributed by atoms with Gasteiger partial charge in [0.2, 0.25) is 0 Å². The van der Waals surface area contributed by atoms with Crippen LogP contribution in [0.2, 0.25) is 0 Å². The molecule has 0 fully saturated rings. The molecule has 1 aliphatic carbocycles. The molecule has 0 radical (unpaired) electrons.